The molecular weight excluding hydrogens is 352 g/mol. The van der Waals surface area contributed by atoms with Gasteiger partial charge in [-0.05, 0) is 11.8 Å². The molecule has 3 atom stereocenters. The first-order chi connectivity index (χ1) is 12.6. The molecule has 0 unspecified atom stereocenters. The molecule has 4 rings (SSSR count). The zero-order valence-corrected chi connectivity index (χ0v) is 16.7. The van der Waals surface area contributed by atoms with Gasteiger partial charge in [-0.3, -0.25) is 14.6 Å². The highest BCUT2D eigenvalue weighted by Crippen LogP contribution is 2.54. The Balaban J connectivity index is 1.75. The number of piperidine rings is 2. The highest BCUT2D eigenvalue weighted by molar-refractivity contribution is 5.94. The topological polar surface area (TPSA) is 114 Å². The third-order valence-electron chi connectivity index (χ3n) is 7.07. The molecule has 4 aliphatic rings. The fourth-order valence-corrected chi connectivity index (χ4v) is 5.10. The Morgan fingerprint density at radius 1 is 0.963 bits per heavy atom. The molecule has 8 heteroatoms. The van der Waals surface area contributed by atoms with E-state index < -0.39 is 35.7 Å². The molecule has 8 nitrogen and oxygen atoms in total. The van der Waals surface area contributed by atoms with E-state index in [4.69, 9.17) is 9.84 Å². The van der Waals surface area contributed by atoms with Crippen LogP contribution in [0, 0.1) is 22.7 Å². The van der Waals surface area contributed by atoms with Gasteiger partial charge >= 0.3 is 0 Å². The van der Waals surface area contributed by atoms with Crippen LogP contribution in [0.15, 0.2) is 0 Å². The number of aliphatic hydroxyl groups is 4. The van der Waals surface area contributed by atoms with Crippen LogP contribution in [0.2, 0.25) is 0 Å². The van der Waals surface area contributed by atoms with Crippen LogP contribution in [0.5, 0.6) is 0 Å². The Morgan fingerprint density at radius 2 is 1.41 bits per heavy atom. The molecule has 156 valence electrons. The number of carbonyl (C=O) groups is 1. The first-order valence-electron chi connectivity index (χ1n) is 9.88. The summed E-state index contributed by atoms with van der Waals surface area (Å²) in [7, 11) is 0. The second kappa shape index (κ2) is 7.33. The maximum absolute atomic E-state index is 13.5. The van der Waals surface area contributed by atoms with Gasteiger partial charge in [0, 0.05) is 26.2 Å². The number of nitrogens with zero attached hydrogens (tertiary/aromatic N) is 2. The molecule has 0 aromatic heterocycles. The summed E-state index contributed by atoms with van der Waals surface area (Å²) in [5.74, 6) is 0.830. The monoisotopic (exact) mass is 386 g/mol. The molecule has 0 aliphatic carbocycles. The van der Waals surface area contributed by atoms with Crippen LogP contribution in [0.1, 0.15) is 27.7 Å². The largest absolute Gasteiger partial charge is 0.394 e. The molecule has 0 aromatic carbocycles. The first-order valence-corrected chi connectivity index (χ1v) is 9.88. The van der Waals surface area contributed by atoms with Crippen molar-refractivity contribution in [2.24, 2.45) is 22.7 Å². The molecule has 4 N–H and O–H groups in total. The van der Waals surface area contributed by atoms with E-state index in [-0.39, 0.29) is 24.8 Å². The van der Waals surface area contributed by atoms with Crippen molar-refractivity contribution < 1.29 is 30.0 Å². The quantitative estimate of drug-likeness (QED) is 0.414. The average molecular weight is 386 g/mol. The third-order valence-corrected chi connectivity index (χ3v) is 7.07. The number of ketones is 1. The summed E-state index contributed by atoms with van der Waals surface area (Å²) in [6, 6.07) is 0. The second-order valence-corrected chi connectivity index (χ2v) is 9.23. The normalized spacial score (nSPS) is 41.4. The summed E-state index contributed by atoms with van der Waals surface area (Å²) in [6.45, 7) is 10.2. The van der Waals surface area contributed by atoms with Crippen LogP contribution in [0.25, 0.3) is 0 Å². The minimum atomic E-state index is -1.47. The van der Waals surface area contributed by atoms with E-state index in [0.29, 0.717) is 32.0 Å². The molecule has 4 aliphatic heterocycles. The number of aliphatic hydroxyl groups excluding tert-OH is 4. The van der Waals surface area contributed by atoms with Crippen molar-refractivity contribution >= 4 is 5.78 Å². The van der Waals surface area contributed by atoms with Crippen molar-refractivity contribution in [3.63, 3.8) is 0 Å². The zero-order chi connectivity index (χ0) is 20.1. The smallest absolute Gasteiger partial charge is 0.168 e. The van der Waals surface area contributed by atoms with Crippen LogP contribution in [0.3, 0.4) is 0 Å². The maximum atomic E-state index is 13.5. The summed E-state index contributed by atoms with van der Waals surface area (Å²) >= 11 is 0. The molecule has 0 radical (unpaired) electrons. The molecular formula is C19H34N2O6. The summed E-state index contributed by atoms with van der Waals surface area (Å²) in [4.78, 5) is 17.8. The van der Waals surface area contributed by atoms with Crippen LogP contribution >= 0.6 is 0 Å². The van der Waals surface area contributed by atoms with Gasteiger partial charge in [0.2, 0.25) is 0 Å². The summed E-state index contributed by atoms with van der Waals surface area (Å²) in [5, 5.41) is 38.3. The van der Waals surface area contributed by atoms with E-state index in [0.717, 1.165) is 0 Å². The van der Waals surface area contributed by atoms with E-state index >= 15 is 0 Å². The van der Waals surface area contributed by atoms with Gasteiger partial charge in [-0.2, -0.15) is 0 Å². The lowest BCUT2D eigenvalue weighted by Gasteiger charge is -2.67. The summed E-state index contributed by atoms with van der Waals surface area (Å²) in [5.41, 5.74) is -0.794. The van der Waals surface area contributed by atoms with E-state index in [1.807, 2.05) is 0 Å². The van der Waals surface area contributed by atoms with Crippen molar-refractivity contribution in [3.05, 3.63) is 0 Å². The average Bonchev–Trinajstić information content (AvgIpc) is 2.61. The van der Waals surface area contributed by atoms with E-state index in [1.54, 1.807) is 0 Å². The third kappa shape index (κ3) is 3.15. The highest BCUT2D eigenvalue weighted by atomic mass is 16.5. The first kappa shape index (κ1) is 21.1. The minimum Gasteiger partial charge on any atom is -0.394 e. The molecule has 4 fully saturated rings. The fraction of sp³-hybridized carbons (Fsp3) is 0.947. The number of carbonyl (C=O) groups excluding carboxylic acids is 1. The van der Waals surface area contributed by atoms with Gasteiger partial charge < -0.3 is 25.2 Å². The van der Waals surface area contributed by atoms with E-state index in [1.165, 1.54) is 0 Å². The Morgan fingerprint density at radius 3 is 1.78 bits per heavy atom. The lowest BCUT2D eigenvalue weighted by molar-refractivity contribution is -0.282. The second-order valence-electron chi connectivity index (χ2n) is 9.23. The molecule has 0 aromatic rings. The van der Waals surface area contributed by atoms with Crippen LogP contribution in [0.4, 0.5) is 0 Å². The van der Waals surface area contributed by atoms with E-state index in [2.05, 4.69) is 37.5 Å². The zero-order valence-electron chi connectivity index (χ0n) is 16.7. The Hall–Kier alpha value is -0.610. The highest BCUT2D eigenvalue weighted by Gasteiger charge is 2.67. The molecule has 0 amide bonds. The summed E-state index contributed by atoms with van der Waals surface area (Å²) < 4.78 is 5.92. The standard InChI is InChI=1S/C19H34N2O6/c1-11(2)18-7-20-9-19(12(3)4,16(18)26)10-21(8-18)17(20)27-6-14(24)15(25)13(23)5-22/h11-15,17,22-25H,5-10H2,1-4H3/t13-,14-,15-,17?,18?,19?/m1/s1. The molecule has 4 bridgehead atoms. The SMILES string of the molecule is CC(C)C12CN3CC(C(C)C)(CN(C1)C3OC[C@@H](O)[C@H](O)[C@H](O)CO)C2=O. The van der Waals surface area contributed by atoms with Gasteiger partial charge in [-0.1, -0.05) is 27.7 Å². The lowest BCUT2D eigenvalue weighted by atomic mass is 9.54. The van der Waals surface area contributed by atoms with Crippen molar-refractivity contribution in [3.8, 4) is 0 Å². The van der Waals surface area contributed by atoms with Crippen molar-refractivity contribution in [2.45, 2.75) is 52.4 Å². The molecule has 27 heavy (non-hydrogen) atoms. The van der Waals surface area contributed by atoms with Gasteiger partial charge in [-0.25, -0.2) is 0 Å². The fourth-order valence-electron chi connectivity index (χ4n) is 5.10. The predicted molar refractivity (Wildman–Crippen MR) is 97.5 cm³/mol. The van der Waals surface area contributed by atoms with Gasteiger partial charge in [0.1, 0.15) is 18.3 Å². The van der Waals surface area contributed by atoms with E-state index in [9.17, 15) is 20.1 Å². The molecule has 0 spiro atoms. The Labute approximate surface area is 160 Å². The number of hydrogen-bond donors (Lipinski definition) is 4. The lowest BCUT2D eigenvalue weighted by Crippen LogP contribution is -2.81. The van der Waals surface area contributed by atoms with Crippen LogP contribution in [-0.4, -0.2) is 100 Å². The maximum Gasteiger partial charge on any atom is 0.168 e. The number of rotatable bonds is 8. The molecule has 4 saturated heterocycles. The molecule has 4 heterocycles. The predicted octanol–water partition coefficient (Wildman–Crippen LogP) is -1.14. The van der Waals surface area contributed by atoms with Crippen LogP contribution < -0.4 is 0 Å². The minimum absolute atomic E-state index is 0.160. The number of Topliss-reactive ketones (excluding diaryl/α,β-unsaturated/α-hetero) is 1. The Kier molecular flexibility index (Phi) is 5.73. The summed E-state index contributed by atoms with van der Waals surface area (Å²) in [6.07, 6.45) is -4.53. The van der Waals surface area contributed by atoms with Gasteiger partial charge in [0.15, 0.2) is 12.1 Å². The number of ether oxygens (including phenoxy) is 1. The Bertz CT molecular complexity index is 522. The van der Waals surface area contributed by atoms with Crippen molar-refractivity contribution in [1.29, 1.82) is 0 Å². The van der Waals surface area contributed by atoms with Gasteiger partial charge in [0.05, 0.1) is 24.0 Å². The van der Waals surface area contributed by atoms with Gasteiger partial charge in [0.25, 0.3) is 0 Å². The van der Waals surface area contributed by atoms with Gasteiger partial charge in [-0.15, -0.1) is 0 Å². The number of hydrogen-bond acceptors (Lipinski definition) is 8. The van der Waals surface area contributed by atoms with Crippen molar-refractivity contribution in [2.75, 3.05) is 39.4 Å². The molecule has 0 saturated carbocycles. The van der Waals surface area contributed by atoms with Crippen LogP contribution in [-0.2, 0) is 9.53 Å². The van der Waals surface area contributed by atoms with Crippen molar-refractivity contribution in [1.82, 2.24) is 9.80 Å².